The minimum atomic E-state index is -0.390. The van der Waals surface area contributed by atoms with Crippen LogP contribution in [0, 0.1) is 5.41 Å². The molecule has 4 heterocycles. The fraction of sp³-hybridized carbons (Fsp3) is 0.593. The van der Waals surface area contributed by atoms with Gasteiger partial charge in [0.25, 0.3) is 5.91 Å². The lowest BCUT2D eigenvalue weighted by Crippen LogP contribution is -2.53. The van der Waals surface area contributed by atoms with E-state index in [0.29, 0.717) is 36.2 Å². The fourth-order valence-corrected chi connectivity index (χ4v) is 7.41. The van der Waals surface area contributed by atoms with Gasteiger partial charge >= 0.3 is 12.0 Å². The van der Waals surface area contributed by atoms with Gasteiger partial charge in [-0.15, -0.1) is 23.7 Å². The Bertz CT molecular complexity index is 1180. The van der Waals surface area contributed by atoms with E-state index in [1.54, 1.807) is 0 Å². The van der Waals surface area contributed by atoms with Crippen LogP contribution in [0.2, 0.25) is 0 Å². The Kier molecular flexibility index (Phi) is 8.07. The number of hydrogen-bond donors (Lipinski definition) is 2. The minimum absolute atomic E-state index is 0. The number of piperidine rings is 2. The topological polar surface area (TPSA) is 91.0 Å². The Morgan fingerprint density at radius 1 is 1.16 bits per heavy atom. The highest BCUT2D eigenvalue weighted by Gasteiger charge is 2.54. The first-order chi connectivity index (χ1) is 17.2. The molecule has 1 aromatic heterocycles. The number of benzene rings is 1. The summed E-state index contributed by atoms with van der Waals surface area (Å²) in [5.74, 6) is -0.0739. The Labute approximate surface area is 228 Å². The number of hydrogen-bond acceptors (Lipinski definition) is 6. The second-order valence-corrected chi connectivity index (χ2v) is 12.0. The third-order valence-electron chi connectivity index (χ3n) is 7.81. The van der Waals surface area contributed by atoms with Crippen molar-refractivity contribution >= 4 is 56.7 Å². The maximum atomic E-state index is 13.7. The number of ether oxygens (including phenoxy) is 1. The number of fused-ring (bicyclic) bond motifs is 1. The number of urea groups is 1. The van der Waals surface area contributed by atoms with E-state index in [0.717, 1.165) is 55.3 Å². The molecule has 1 spiro atoms. The molecule has 2 N–H and O–H groups in total. The van der Waals surface area contributed by atoms with Crippen molar-refractivity contribution in [1.29, 1.82) is 0 Å². The Hall–Kier alpha value is -2.36. The average molecular weight is 549 g/mol. The van der Waals surface area contributed by atoms with E-state index in [-0.39, 0.29) is 41.3 Å². The molecule has 1 atom stereocenters. The van der Waals surface area contributed by atoms with Crippen LogP contribution in [-0.4, -0.2) is 72.1 Å². The van der Waals surface area contributed by atoms with E-state index in [9.17, 15) is 14.4 Å². The quantitative estimate of drug-likeness (QED) is 0.532. The smallest absolute Gasteiger partial charge is 0.319 e. The van der Waals surface area contributed by atoms with Crippen molar-refractivity contribution in [2.75, 3.05) is 38.0 Å². The van der Waals surface area contributed by atoms with Gasteiger partial charge in [-0.05, 0) is 59.1 Å². The minimum Gasteiger partial charge on any atom is -0.459 e. The zero-order chi connectivity index (χ0) is 25.5. The third kappa shape index (κ3) is 5.45. The molecule has 202 valence electrons. The molecule has 2 aromatic rings. The molecule has 8 nitrogen and oxygen atoms in total. The number of carbonyl (C=O) groups excluding carboxylic acids is 3. The first kappa shape index (κ1) is 27.7. The standard InChI is InChI=1S/C27H36N4O4S.ClH/c1-4-28-25(34)29-22-21(19-8-5-6-9-20(19)36-22)23(32)30-14-10-18(11-15-30)31-13-7-12-27(17-31)16-26(2,3)35-24(27)33;/h5-6,8-9,18H,4,7,10-17H2,1-3H3,(H2,28,29,34);1H. The monoisotopic (exact) mass is 548 g/mol. The van der Waals surface area contributed by atoms with E-state index >= 15 is 0 Å². The van der Waals surface area contributed by atoms with E-state index in [1.807, 2.05) is 49.9 Å². The van der Waals surface area contributed by atoms with E-state index < -0.39 is 0 Å². The molecule has 1 unspecified atom stereocenters. The highest BCUT2D eigenvalue weighted by atomic mass is 35.5. The molecule has 5 rings (SSSR count). The summed E-state index contributed by atoms with van der Waals surface area (Å²) in [5, 5.41) is 7.11. The maximum Gasteiger partial charge on any atom is 0.319 e. The zero-order valence-electron chi connectivity index (χ0n) is 21.8. The summed E-state index contributed by atoms with van der Waals surface area (Å²) in [6.07, 6.45) is 4.43. The van der Waals surface area contributed by atoms with Crippen molar-refractivity contribution in [3.63, 3.8) is 0 Å². The van der Waals surface area contributed by atoms with Crippen LogP contribution in [-0.2, 0) is 9.53 Å². The number of likely N-dealkylation sites (tertiary alicyclic amines) is 2. The zero-order valence-corrected chi connectivity index (χ0v) is 23.4. The van der Waals surface area contributed by atoms with E-state index in [1.165, 1.54) is 11.3 Å². The van der Waals surface area contributed by atoms with Crippen LogP contribution in [0.5, 0.6) is 0 Å². The fourth-order valence-electron chi connectivity index (χ4n) is 6.32. The average Bonchev–Trinajstić information content (AvgIpc) is 3.31. The molecule has 0 bridgehead atoms. The van der Waals surface area contributed by atoms with Gasteiger partial charge in [-0.3, -0.25) is 19.8 Å². The summed E-state index contributed by atoms with van der Waals surface area (Å²) < 4.78 is 6.68. The predicted molar refractivity (Wildman–Crippen MR) is 149 cm³/mol. The number of esters is 1. The summed E-state index contributed by atoms with van der Waals surface area (Å²) in [7, 11) is 0. The van der Waals surface area contributed by atoms with Crippen molar-refractivity contribution in [2.45, 2.75) is 64.5 Å². The van der Waals surface area contributed by atoms with Crippen LogP contribution in [0.25, 0.3) is 10.1 Å². The number of anilines is 1. The molecule has 0 aliphatic carbocycles. The largest absolute Gasteiger partial charge is 0.459 e. The number of carbonyl (C=O) groups is 3. The van der Waals surface area contributed by atoms with Crippen molar-refractivity contribution in [3.8, 4) is 0 Å². The van der Waals surface area contributed by atoms with Crippen LogP contribution in [0.3, 0.4) is 0 Å². The number of thiophene rings is 1. The van der Waals surface area contributed by atoms with Crippen LogP contribution in [0.1, 0.15) is 63.2 Å². The highest BCUT2D eigenvalue weighted by molar-refractivity contribution is 7.23. The van der Waals surface area contributed by atoms with Gasteiger partial charge in [0.2, 0.25) is 0 Å². The van der Waals surface area contributed by atoms with Crippen LogP contribution in [0.15, 0.2) is 24.3 Å². The molecule has 1 aromatic carbocycles. The van der Waals surface area contributed by atoms with Crippen molar-refractivity contribution in [3.05, 3.63) is 29.8 Å². The van der Waals surface area contributed by atoms with Gasteiger partial charge in [-0.25, -0.2) is 4.79 Å². The van der Waals surface area contributed by atoms with Gasteiger partial charge in [0.05, 0.1) is 11.0 Å². The first-order valence-electron chi connectivity index (χ1n) is 13.0. The van der Waals surface area contributed by atoms with Gasteiger partial charge in [0.1, 0.15) is 10.6 Å². The van der Waals surface area contributed by atoms with Crippen LogP contribution >= 0.6 is 23.7 Å². The number of nitrogens with zero attached hydrogens (tertiary/aromatic N) is 2. The van der Waals surface area contributed by atoms with Crippen molar-refractivity contribution in [2.24, 2.45) is 5.41 Å². The van der Waals surface area contributed by atoms with Crippen LogP contribution < -0.4 is 10.6 Å². The highest BCUT2D eigenvalue weighted by Crippen LogP contribution is 2.47. The molecule has 3 aliphatic heterocycles. The molecule has 3 saturated heterocycles. The molecule has 10 heteroatoms. The number of rotatable bonds is 4. The van der Waals surface area contributed by atoms with Crippen molar-refractivity contribution in [1.82, 2.24) is 15.1 Å². The second-order valence-electron chi connectivity index (χ2n) is 11.0. The summed E-state index contributed by atoms with van der Waals surface area (Å²) in [4.78, 5) is 43.1. The van der Waals surface area contributed by atoms with Crippen LogP contribution in [0.4, 0.5) is 9.80 Å². The molecule has 3 aliphatic rings. The normalized spacial score (nSPS) is 24.1. The van der Waals surface area contributed by atoms with E-state index in [4.69, 9.17) is 4.74 Å². The Balaban J connectivity index is 0.00000320. The van der Waals surface area contributed by atoms with Gasteiger partial charge in [-0.2, -0.15) is 0 Å². The van der Waals surface area contributed by atoms with Gasteiger partial charge < -0.3 is 15.0 Å². The molecular formula is C27H37ClN4O4S. The number of amides is 3. The van der Waals surface area contributed by atoms with Crippen molar-refractivity contribution < 1.29 is 19.1 Å². The molecular weight excluding hydrogens is 512 g/mol. The summed E-state index contributed by atoms with van der Waals surface area (Å²) in [6.45, 7) is 9.45. The summed E-state index contributed by atoms with van der Waals surface area (Å²) >= 11 is 1.43. The first-order valence-corrected chi connectivity index (χ1v) is 13.9. The molecule has 0 radical (unpaired) electrons. The summed E-state index contributed by atoms with van der Waals surface area (Å²) in [6, 6.07) is 7.85. The molecule has 0 saturated carbocycles. The molecule has 3 fully saturated rings. The second kappa shape index (κ2) is 10.8. The third-order valence-corrected chi connectivity index (χ3v) is 8.90. The lowest BCUT2D eigenvalue weighted by molar-refractivity contribution is -0.154. The summed E-state index contributed by atoms with van der Waals surface area (Å²) in [5.41, 5.74) is -0.198. The molecule has 37 heavy (non-hydrogen) atoms. The number of cyclic esters (lactones) is 1. The Morgan fingerprint density at radius 2 is 1.89 bits per heavy atom. The lowest BCUT2D eigenvalue weighted by atomic mass is 9.74. The Morgan fingerprint density at radius 3 is 2.57 bits per heavy atom. The van der Waals surface area contributed by atoms with Gasteiger partial charge in [0, 0.05) is 48.7 Å². The maximum absolute atomic E-state index is 13.7. The predicted octanol–water partition coefficient (Wildman–Crippen LogP) is 4.88. The van der Waals surface area contributed by atoms with E-state index in [2.05, 4.69) is 15.5 Å². The molecule has 3 amide bonds. The number of halogens is 1. The van der Waals surface area contributed by atoms with Gasteiger partial charge in [0.15, 0.2) is 0 Å². The van der Waals surface area contributed by atoms with Gasteiger partial charge in [-0.1, -0.05) is 18.2 Å². The SMILES string of the molecule is CCNC(=O)Nc1sc2ccccc2c1C(=O)N1CCC(N2CCCC3(C2)CC(C)(C)OC3=O)CC1.Cl. The number of nitrogens with one attached hydrogen (secondary N) is 2. The lowest BCUT2D eigenvalue weighted by Gasteiger charge is -2.44.